The van der Waals surface area contributed by atoms with Gasteiger partial charge in [-0.25, -0.2) is 9.59 Å². The number of urea groups is 1. The molecule has 0 aliphatic heterocycles. The Morgan fingerprint density at radius 1 is 1.08 bits per heavy atom. The number of benzene rings is 1. The maximum Gasteiger partial charge on any atom is 0.374 e. The van der Waals surface area contributed by atoms with Crippen molar-refractivity contribution in [2.24, 2.45) is 0 Å². The van der Waals surface area contributed by atoms with Crippen LogP contribution >= 0.6 is 0 Å². The fourth-order valence-electron chi connectivity index (χ4n) is 1.66. The zero-order valence-electron chi connectivity index (χ0n) is 12.9. The molecule has 2 rings (SSSR count). The molecular formula is C16H16N2O6. The summed E-state index contributed by atoms with van der Waals surface area (Å²) in [5, 5.41) is 4.17. The predicted octanol–water partition coefficient (Wildman–Crippen LogP) is 1.47. The van der Waals surface area contributed by atoms with Gasteiger partial charge in [0.1, 0.15) is 18.1 Å². The van der Waals surface area contributed by atoms with Gasteiger partial charge in [0.25, 0.3) is 5.91 Å². The van der Waals surface area contributed by atoms with Gasteiger partial charge in [0.15, 0.2) is 6.61 Å². The number of imide groups is 1. The third-order valence-corrected chi connectivity index (χ3v) is 2.80. The monoisotopic (exact) mass is 332 g/mol. The van der Waals surface area contributed by atoms with Gasteiger partial charge < -0.3 is 19.2 Å². The molecule has 0 saturated carbocycles. The lowest BCUT2D eigenvalue weighted by Gasteiger charge is -2.04. The predicted molar refractivity (Wildman–Crippen MR) is 82.4 cm³/mol. The highest BCUT2D eigenvalue weighted by atomic mass is 16.6. The second-order valence-corrected chi connectivity index (χ2v) is 4.57. The summed E-state index contributed by atoms with van der Waals surface area (Å²) >= 11 is 0. The van der Waals surface area contributed by atoms with Crippen LogP contribution in [0.25, 0.3) is 0 Å². The Morgan fingerprint density at radius 3 is 2.54 bits per heavy atom. The van der Waals surface area contributed by atoms with Crippen molar-refractivity contribution in [3.8, 4) is 5.75 Å². The van der Waals surface area contributed by atoms with Gasteiger partial charge in [-0.15, -0.1) is 0 Å². The Hall–Kier alpha value is -3.29. The standard InChI is InChI=1S/C16H16N2O6/c1-17-16(21)18-14(19)10-23-15(20)13-8-7-12(24-13)9-22-11-5-3-2-4-6-11/h2-8H,9-10H2,1H3,(H2,17,18,19,21). The van der Waals surface area contributed by atoms with Crippen LogP contribution < -0.4 is 15.4 Å². The molecule has 8 heteroatoms. The first kappa shape index (κ1) is 17.1. The first-order valence-electron chi connectivity index (χ1n) is 7.03. The zero-order valence-corrected chi connectivity index (χ0v) is 12.9. The number of ether oxygens (including phenoxy) is 2. The molecule has 126 valence electrons. The molecule has 3 amide bonds. The molecule has 0 unspecified atom stereocenters. The van der Waals surface area contributed by atoms with Crippen molar-refractivity contribution in [1.29, 1.82) is 0 Å². The van der Waals surface area contributed by atoms with Gasteiger partial charge in [-0.05, 0) is 24.3 Å². The van der Waals surface area contributed by atoms with Gasteiger partial charge in [0.05, 0.1) is 0 Å². The lowest BCUT2D eigenvalue weighted by Crippen LogP contribution is -2.39. The average molecular weight is 332 g/mol. The van der Waals surface area contributed by atoms with Crippen molar-refractivity contribution in [2.45, 2.75) is 6.61 Å². The second-order valence-electron chi connectivity index (χ2n) is 4.57. The third-order valence-electron chi connectivity index (χ3n) is 2.80. The first-order valence-corrected chi connectivity index (χ1v) is 7.03. The lowest BCUT2D eigenvalue weighted by molar-refractivity contribution is -0.123. The smallest absolute Gasteiger partial charge is 0.374 e. The van der Waals surface area contributed by atoms with Crippen LogP contribution in [0.15, 0.2) is 46.9 Å². The number of para-hydroxylation sites is 1. The van der Waals surface area contributed by atoms with Gasteiger partial charge in [0.2, 0.25) is 5.76 Å². The van der Waals surface area contributed by atoms with Crippen LogP contribution in [0.2, 0.25) is 0 Å². The van der Waals surface area contributed by atoms with E-state index >= 15 is 0 Å². The Labute approximate surface area is 137 Å². The minimum Gasteiger partial charge on any atom is -0.486 e. The van der Waals surface area contributed by atoms with Crippen LogP contribution in [0.5, 0.6) is 5.75 Å². The molecule has 0 aliphatic rings. The lowest BCUT2D eigenvalue weighted by atomic mass is 10.3. The van der Waals surface area contributed by atoms with Crippen molar-refractivity contribution in [2.75, 3.05) is 13.7 Å². The van der Waals surface area contributed by atoms with Crippen LogP contribution in [0.1, 0.15) is 16.3 Å². The van der Waals surface area contributed by atoms with Crippen molar-refractivity contribution in [1.82, 2.24) is 10.6 Å². The molecule has 0 fully saturated rings. The number of amides is 3. The Balaban J connectivity index is 1.80. The van der Waals surface area contributed by atoms with E-state index < -0.39 is 24.5 Å². The highest BCUT2D eigenvalue weighted by Gasteiger charge is 2.15. The highest BCUT2D eigenvalue weighted by Crippen LogP contribution is 2.14. The molecule has 8 nitrogen and oxygen atoms in total. The van der Waals surface area contributed by atoms with E-state index in [9.17, 15) is 14.4 Å². The number of nitrogens with one attached hydrogen (secondary N) is 2. The van der Waals surface area contributed by atoms with Crippen LogP contribution in [0, 0.1) is 0 Å². The average Bonchev–Trinajstić information content (AvgIpc) is 3.07. The van der Waals surface area contributed by atoms with E-state index in [-0.39, 0.29) is 12.4 Å². The fourth-order valence-corrected chi connectivity index (χ4v) is 1.66. The maximum atomic E-state index is 11.8. The molecule has 0 bridgehead atoms. The van der Waals surface area contributed by atoms with Gasteiger partial charge in [0, 0.05) is 7.05 Å². The fraction of sp³-hybridized carbons (Fsp3) is 0.188. The molecule has 0 radical (unpaired) electrons. The SMILES string of the molecule is CNC(=O)NC(=O)COC(=O)c1ccc(COc2ccccc2)o1. The quantitative estimate of drug-likeness (QED) is 0.776. The van der Waals surface area contributed by atoms with Crippen LogP contribution in [-0.2, 0) is 16.1 Å². The van der Waals surface area contributed by atoms with E-state index in [1.54, 1.807) is 18.2 Å². The van der Waals surface area contributed by atoms with E-state index in [0.29, 0.717) is 11.5 Å². The number of carbonyl (C=O) groups is 3. The number of hydrogen-bond donors (Lipinski definition) is 2. The topological polar surface area (TPSA) is 107 Å². The van der Waals surface area contributed by atoms with Crippen LogP contribution in [-0.4, -0.2) is 31.6 Å². The molecule has 0 saturated heterocycles. The molecule has 1 heterocycles. The summed E-state index contributed by atoms with van der Waals surface area (Å²) in [5.74, 6) is -0.520. The molecule has 2 N–H and O–H groups in total. The minimum absolute atomic E-state index is 0.0607. The summed E-state index contributed by atoms with van der Waals surface area (Å²) in [5.41, 5.74) is 0. The summed E-state index contributed by atoms with van der Waals surface area (Å²) < 4.78 is 15.5. The summed E-state index contributed by atoms with van der Waals surface area (Å²) in [7, 11) is 1.36. The van der Waals surface area contributed by atoms with Crippen molar-refractivity contribution in [3.63, 3.8) is 0 Å². The number of esters is 1. The maximum absolute atomic E-state index is 11.8. The Bertz CT molecular complexity index is 710. The van der Waals surface area contributed by atoms with E-state index in [1.165, 1.54) is 13.1 Å². The van der Waals surface area contributed by atoms with E-state index in [0.717, 1.165) is 0 Å². The highest BCUT2D eigenvalue weighted by molar-refractivity contribution is 5.96. The van der Waals surface area contributed by atoms with Gasteiger partial charge in [-0.2, -0.15) is 0 Å². The van der Waals surface area contributed by atoms with Crippen LogP contribution in [0.3, 0.4) is 0 Å². The Kier molecular flexibility index (Phi) is 5.95. The van der Waals surface area contributed by atoms with Gasteiger partial charge in [-0.1, -0.05) is 18.2 Å². The minimum atomic E-state index is -0.812. The van der Waals surface area contributed by atoms with E-state index in [2.05, 4.69) is 5.32 Å². The molecule has 0 atom stereocenters. The summed E-state index contributed by atoms with van der Waals surface area (Å²) in [6.07, 6.45) is 0. The van der Waals surface area contributed by atoms with E-state index in [1.807, 2.05) is 23.5 Å². The van der Waals surface area contributed by atoms with Gasteiger partial charge >= 0.3 is 12.0 Å². The number of rotatable bonds is 6. The van der Waals surface area contributed by atoms with Crippen LogP contribution in [0.4, 0.5) is 4.79 Å². The van der Waals surface area contributed by atoms with Crippen molar-refractivity contribution < 1.29 is 28.3 Å². The molecule has 24 heavy (non-hydrogen) atoms. The molecule has 0 aliphatic carbocycles. The molecule has 1 aromatic heterocycles. The number of carbonyl (C=O) groups excluding carboxylic acids is 3. The number of hydrogen-bond acceptors (Lipinski definition) is 6. The normalized spacial score (nSPS) is 9.88. The summed E-state index contributed by atoms with van der Waals surface area (Å²) in [6, 6.07) is 11.4. The molecular weight excluding hydrogens is 316 g/mol. The second kappa shape index (κ2) is 8.37. The first-order chi connectivity index (χ1) is 11.6. The Morgan fingerprint density at radius 2 is 1.83 bits per heavy atom. The third kappa shape index (κ3) is 5.16. The molecule has 1 aromatic carbocycles. The van der Waals surface area contributed by atoms with Crippen molar-refractivity contribution >= 4 is 17.9 Å². The molecule has 0 spiro atoms. The summed E-state index contributed by atoms with van der Waals surface area (Å²) in [4.78, 5) is 34.0. The molecule has 2 aromatic rings. The number of furan rings is 1. The zero-order chi connectivity index (χ0) is 17.4. The largest absolute Gasteiger partial charge is 0.486 e. The van der Waals surface area contributed by atoms with Crippen molar-refractivity contribution in [3.05, 3.63) is 54.0 Å². The van der Waals surface area contributed by atoms with E-state index in [4.69, 9.17) is 13.9 Å². The summed E-state index contributed by atoms with van der Waals surface area (Å²) in [6.45, 7) is -0.447. The van der Waals surface area contributed by atoms with Gasteiger partial charge in [-0.3, -0.25) is 10.1 Å².